The number of ether oxygens (including phenoxy) is 1. The molecule has 0 aliphatic carbocycles. The van der Waals surface area contributed by atoms with Crippen molar-refractivity contribution >= 4 is 68.0 Å². The standard InChI is InChI=1S/C25H21BrFIN2O2S/c1-2-15-6-8-19(9-7-15)29-25-30-24(31)22(33-25)13-17-11-20(26)23(21(28)12-17)32-14-16-4-3-5-18(27)10-16/h3-13,25,29H,2,14H2,1H3,(H,30,31)/b22-13-/t25-/m0/s1. The molecular weight excluding hydrogens is 618 g/mol. The molecule has 1 fully saturated rings. The van der Waals surface area contributed by atoms with E-state index in [4.69, 9.17) is 4.74 Å². The number of aryl methyl sites for hydroxylation is 1. The van der Waals surface area contributed by atoms with E-state index in [0.29, 0.717) is 10.7 Å². The van der Waals surface area contributed by atoms with Crippen LogP contribution in [0.15, 0.2) is 70.0 Å². The summed E-state index contributed by atoms with van der Waals surface area (Å²) < 4.78 is 21.0. The van der Waals surface area contributed by atoms with Gasteiger partial charge in [-0.05, 0) is 104 Å². The number of amides is 1. The van der Waals surface area contributed by atoms with Gasteiger partial charge in [0.2, 0.25) is 0 Å². The first-order valence-corrected chi connectivity index (χ1v) is 13.1. The molecule has 8 heteroatoms. The van der Waals surface area contributed by atoms with Crippen LogP contribution in [0.1, 0.15) is 23.6 Å². The fraction of sp³-hybridized carbons (Fsp3) is 0.160. The van der Waals surface area contributed by atoms with Gasteiger partial charge < -0.3 is 15.4 Å². The van der Waals surface area contributed by atoms with Crippen LogP contribution in [-0.4, -0.2) is 11.4 Å². The van der Waals surface area contributed by atoms with Gasteiger partial charge in [0.25, 0.3) is 5.91 Å². The van der Waals surface area contributed by atoms with E-state index < -0.39 is 0 Å². The molecular formula is C25H21BrFIN2O2S. The van der Waals surface area contributed by atoms with Crippen LogP contribution in [0.5, 0.6) is 5.75 Å². The quantitative estimate of drug-likeness (QED) is 0.218. The summed E-state index contributed by atoms with van der Waals surface area (Å²) in [4.78, 5) is 13.1. The molecule has 3 aromatic carbocycles. The molecule has 1 amide bonds. The predicted molar refractivity (Wildman–Crippen MR) is 145 cm³/mol. The molecule has 1 atom stereocenters. The van der Waals surface area contributed by atoms with Crippen molar-refractivity contribution in [3.63, 3.8) is 0 Å². The Morgan fingerprint density at radius 2 is 1.97 bits per heavy atom. The average molecular weight is 639 g/mol. The van der Waals surface area contributed by atoms with Gasteiger partial charge in [-0.25, -0.2) is 4.39 Å². The number of halogens is 3. The largest absolute Gasteiger partial charge is 0.487 e. The maximum atomic E-state index is 13.4. The Kier molecular flexibility index (Phi) is 7.98. The Morgan fingerprint density at radius 3 is 2.67 bits per heavy atom. The van der Waals surface area contributed by atoms with Crippen molar-refractivity contribution in [1.29, 1.82) is 0 Å². The molecule has 4 nitrogen and oxygen atoms in total. The van der Waals surface area contributed by atoms with E-state index in [1.54, 1.807) is 6.07 Å². The third-order valence-electron chi connectivity index (χ3n) is 4.98. The van der Waals surface area contributed by atoms with Crippen LogP contribution in [0.3, 0.4) is 0 Å². The van der Waals surface area contributed by atoms with Gasteiger partial charge in [-0.1, -0.05) is 43.0 Å². The first-order valence-electron chi connectivity index (χ1n) is 10.3. The predicted octanol–water partition coefficient (Wildman–Crippen LogP) is 6.93. The number of nitrogens with one attached hydrogen (secondary N) is 2. The van der Waals surface area contributed by atoms with Gasteiger partial charge in [0.05, 0.1) is 12.9 Å². The van der Waals surface area contributed by atoms with Crippen LogP contribution in [0.25, 0.3) is 6.08 Å². The minimum absolute atomic E-state index is 0.111. The van der Waals surface area contributed by atoms with Crippen molar-refractivity contribution < 1.29 is 13.9 Å². The molecule has 0 unspecified atom stereocenters. The molecule has 1 aliphatic rings. The normalized spacial score (nSPS) is 16.7. The Morgan fingerprint density at radius 1 is 1.18 bits per heavy atom. The average Bonchev–Trinajstić information content (AvgIpc) is 3.12. The van der Waals surface area contributed by atoms with E-state index in [1.165, 1.54) is 29.5 Å². The first-order chi connectivity index (χ1) is 15.9. The number of thioether (sulfide) groups is 1. The van der Waals surface area contributed by atoms with Crippen LogP contribution < -0.4 is 15.4 Å². The van der Waals surface area contributed by atoms with Crippen molar-refractivity contribution in [3.05, 3.63) is 96.1 Å². The van der Waals surface area contributed by atoms with E-state index in [1.807, 2.05) is 36.4 Å². The van der Waals surface area contributed by atoms with Gasteiger partial charge in [-0.3, -0.25) is 4.79 Å². The maximum Gasteiger partial charge on any atom is 0.260 e. The van der Waals surface area contributed by atoms with Crippen LogP contribution in [0.4, 0.5) is 10.1 Å². The van der Waals surface area contributed by atoms with Gasteiger partial charge in [-0.15, -0.1) is 0 Å². The molecule has 0 radical (unpaired) electrons. The molecule has 0 saturated carbocycles. The number of hydrogen-bond donors (Lipinski definition) is 2. The topological polar surface area (TPSA) is 50.4 Å². The van der Waals surface area contributed by atoms with E-state index in [9.17, 15) is 9.18 Å². The van der Waals surface area contributed by atoms with Crippen LogP contribution in [0, 0.1) is 9.39 Å². The number of carbonyl (C=O) groups is 1. The summed E-state index contributed by atoms with van der Waals surface area (Å²) in [5, 5.41) is 6.30. The van der Waals surface area contributed by atoms with E-state index in [-0.39, 0.29) is 23.8 Å². The maximum absolute atomic E-state index is 13.4. The lowest BCUT2D eigenvalue weighted by atomic mass is 10.1. The Hall–Kier alpha value is -2.04. The lowest BCUT2D eigenvalue weighted by Crippen LogP contribution is -2.30. The van der Waals surface area contributed by atoms with Gasteiger partial charge in [0.1, 0.15) is 18.2 Å². The Labute approximate surface area is 218 Å². The minimum atomic E-state index is -0.287. The van der Waals surface area contributed by atoms with Crippen LogP contribution >= 0.6 is 50.3 Å². The van der Waals surface area contributed by atoms with Crippen molar-refractivity contribution in [3.8, 4) is 5.75 Å². The molecule has 3 aromatic rings. The van der Waals surface area contributed by atoms with Gasteiger partial charge in [-0.2, -0.15) is 0 Å². The fourth-order valence-electron chi connectivity index (χ4n) is 3.29. The SMILES string of the molecule is CCc1ccc(N[C@H]2NC(=O)/C(=C/c3cc(Br)c(OCc4cccc(F)c4)c(I)c3)S2)cc1. The number of rotatable bonds is 7. The molecule has 0 bridgehead atoms. The number of anilines is 1. The van der Waals surface area contributed by atoms with Crippen molar-refractivity contribution in [1.82, 2.24) is 5.32 Å². The molecule has 4 rings (SSSR count). The lowest BCUT2D eigenvalue weighted by Gasteiger charge is -2.13. The zero-order chi connectivity index (χ0) is 23.4. The van der Waals surface area contributed by atoms with E-state index >= 15 is 0 Å². The summed E-state index contributed by atoms with van der Waals surface area (Å²) in [6, 6.07) is 18.4. The Balaban J connectivity index is 1.44. The summed E-state index contributed by atoms with van der Waals surface area (Å²) in [6.45, 7) is 2.38. The van der Waals surface area contributed by atoms with Crippen LogP contribution in [0.2, 0.25) is 0 Å². The fourth-order valence-corrected chi connectivity index (χ4v) is 6.04. The van der Waals surface area contributed by atoms with Gasteiger partial charge >= 0.3 is 0 Å². The summed E-state index contributed by atoms with van der Waals surface area (Å²) in [5.74, 6) is 0.283. The summed E-state index contributed by atoms with van der Waals surface area (Å²) in [7, 11) is 0. The number of benzene rings is 3. The Bertz CT molecular complexity index is 1180. The molecule has 1 aliphatic heterocycles. The van der Waals surface area contributed by atoms with E-state index in [2.05, 4.69) is 68.2 Å². The second kappa shape index (κ2) is 10.9. The highest BCUT2D eigenvalue weighted by Gasteiger charge is 2.27. The molecule has 1 heterocycles. The van der Waals surface area contributed by atoms with Gasteiger partial charge in [0.15, 0.2) is 5.50 Å². The number of carbonyl (C=O) groups excluding carboxylic acids is 1. The zero-order valence-electron chi connectivity index (χ0n) is 17.7. The highest BCUT2D eigenvalue weighted by Crippen LogP contribution is 2.35. The molecule has 2 N–H and O–H groups in total. The van der Waals surface area contributed by atoms with Crippen molar-refractivity contribution in [2.75, 3.05) is 5.32 Å². The minimum Gasteiger partial charge on any atom is -0.487 e. The molecule has 1 saturated heterocycles. The second-order valence-corrected chi connectivity index (χ2v) is 10.6. The number of hydrogen-bond acceptors (Lipinski definition) is 4. The first kappa shape index (κ1) is 24.1. The highest BCUT2D eigenvalue weighted by molar-refractivity contribution is 14.1. The second-order valence-electron chi connectivity index (χ2n) is 7.41. The molecule has 170 valence electrons. The monoisotopic (exact) mass is 638 g/mol. The van der Waals surface area contributed by atoms with Crippen LogP contribution in [-0.2, 0) is 17.8 Å². The summed E-state index contributed by atoms with van der Waals surface area (Å²) in [6.07, 6.45) is 2.86. The molecule has 0 aromatic heterocycles. The van der Waals surface area contributed by atoms with Crippen molar-refractivity contribution in [2.45, 2.75) is 25.4 Å². The smallest absolute Gasteiger partial charge is 0.260 e. The zero-order valence-corrected chi connectivity index (χ0v) is 22.3. The third-order valence-corrected chi connectivity index (χ3v) is 7.40. The van der Waals surface area contributed by atoms with E-state index in [0.717, 1.165) is 31.3 Å². The highest BCUT2D eigenvalue weighted by atomic mass is 127. The van der Waals surface area contributed by atoms with Gasteiger partial charge in [0, 0.05) is 5.69 Å². The lowest BCUT2D eigenvalue weighted by molar-refractivity contribution is -0.116. The third kappa shape index (κ3) is 6.30. The summed E-state index contributed by atoms with van der Waals surface area (Å²) in [5.41, 5.74) is 3.64. The molecule has 33 heavy (non-hydrogen) atoms. The molecule has 0 spiro atoms. The summed E-state index contributed by atoms with van der Waals surface area (Å²) >= 11 is 7.21. The van der Waals surface area contributed by atoms with Crippen molar-refractivity contribution in [2.24, 2.45) is 0 Å².